The molecule has 304 valence electrons. The Labute approximate surface area is 381 Å². The van der Waals surface area contributed by atoms with E-state index >= 15 is 0 Å². The third-order valence-electron chi connectivity index (χ3n) is 13.3. The van der Waals surface area contributed by atoms with Crippen LogP contribution in [0.25, 0.3) is 95.3 Å². The van der Waals surface area contributed by atoms with Gasteiger partial charge in [-0.15, -0.1) is 22.7 Å². The summed E-state index contributed by atoms with van der Waals surface area (Å²) in [5.74, 6) is 0. The summed E-state index contributed by atoms with van der Waals surface area (Å²) in [6, 6.07) is 61.9. The Hall–Kier alpha value is -7.82. The van der Waals surface area contributed by atoms with Gasteiger partial charge in [-0.1, -0.05) is 97.1 Å². The van der Waals surface area contributed by atoms with E-state index in [1.807, 2.05) is 59.9 Å². The number of nitrogens with zero attached hydrogens (tertiary/aromatic N) is 6. The first kappa shape index (κ1) is 36.6. The van der Waals surface area contributed by atoms with E-state index < -0.39 is 8.07 Å². The Morgan fingerprint density at radius 2 is 0.769 bits per heavy atom. The smallest absolute Gasteiger partial charge is 0.227 e. The van der Waals surface area contributed by atoms with Crippen LogP contribution < -0.4 is 21.0 Å². The van der Waals surface area contributed by atoms with Crippen LogP contribution in [0.15, 0.2) is 207 Å². The predicted octanol–water partition coefficient (Wildman–Crippen LogP) is 11.6. The second-order valence-electron chi connectivity index (χ2n) is 16.6. The van der Waals surface area contributed by atoms with Gasteiger partial charge in [0, 0.05) is 88.7 Å². The van der Waals surface area contributed by atoms with Gasteiger partial charge in [-0.2, -0.15) is 0 Å². The molecule has 9 heteroatoms. The summed E-state index contributed by atoms with van der Waals surface area (Å²) in [6.45, 7) is 0. The topological polar surface area (TPSA) is 61.4 Å². The number of rotatable bonds is 6. The van der Waals surface area contributed by atoms with Gasteiger partial charge in [-0.25, -0.2) is 0 Å². The zero-order chi connectivity index (χ0) is 42.6. The number of aromatic nitrogens is 6. The van der Waals surface area contributed by atoms with Crippen molar-refractivity contribution in [2.45, 2.75) is 0 Å². The summed E-state index contributed by atoms with van der Waals surface area (Å²) in [4.78, 5) is 20.2. The predicted molar refractivity (Wildman–Crippen MR) is 276 cm³/mol. The lowest BCUT2D eigenvalue weighted by molar-refractivity contribution is 1.17. The van der Waals surface area contributed by atoms with Crippen LogP contribution in [0, 0.1) is 0 Å². The molecule has 0 atom stereocenters. The molecule has 6 aromatic carbocycles. The van der Waals surface area contributed by atoms with Gasteiger partial charge < -0.3 is 9.13 Å². The van der Waals surface area contributed by atoms with Crippen molar-refractivity contribution in [1.82, 2.24) is 29.1 Å². The van der Waals surface area contributed by atoms with Gasteiger partial charge in [-0.05, 0) is 83.2 Å². The largest absolute Gasteiger partial charge is 0.308 e. The molecule has 0 saturated heterocycles. The lowest BCUT2D eigenvalue weighted by Crippen LogP contribution is -2.76. The SMILES string of the molecule is c1ccc([Si](c2ccccc2)(c2nccc3c2sc2ccc(-n4c5ccccc5c5ccncc54)cc23)c2nccc3c2sc2ccc(-n4c5ccccc5c5ccncc54)cc23)cc1. The fourth-order valence-electron chi connectivity index (χ4n) is 10.6. The molecule has 14 aromatic rings. The van der Waals surface area contributed by atoms with Crippen LogP contribution in [-0.4, -0.2) is 37.1 Å². The van der Waals surface area contributed by atoms with E-state index in [1.54, 1.807) is 0 Å². The summed E-state index contributed by atoms with van der Waals surface area (Å²) in [5.41, 5.74) is 6.73. The van der Waals surface area contributed by atoms with Crippen LogP contribution in [0.3, 0.4) is 0 Å². The molecular weight excluding hydrogens is 849 g/mol. The normalized spacial score (nSPS) is 12.3. The second-order valence-corrected chi connectivity index (χ2v) is 22.3. The van der Waals surface area contributed by atoms with Crippen molar-refractivity contribution in [1.29, 1.82) is 0 Å². The maximum absolute atomic E-state index is 5.54. The molecule has 65 heavy (non-hydrogen) atoms. The average molecular weight is 883 g/mol. The summed E-state index contributed by atoms with van der Waals surface area (Å²) in [5, 5.41) is 14.4. The molecule has 0 radical (unpaired) electrons. The Kier molecular flexibility index (Phi) is 7.94. The lowest BCUT2D eigenvalue weighted by Gasteiger charge is -2.32. The molecule has 0 fully saturated rings. The summed E-state index contributed by atoms with van der Waals surface area (Å²) < 4.78 is 9.55. The third kappa shape index (κ3) is 5.19. The zero-order valence-corrected chi connectivity index (χ0v) is 37.3. The van der Waals surface area contributed by atoms with Gasteiger partial charge in [0.05, 0.1) is 54.5 Å². The number of fused-ring (bicyclic) bond motifs is 12. The standard InChI is InChI=1S/C56H34N6S2Si/c1-3-11-37(12-4-1)65(38-13-5-2-6-14-38,55-53-43(25-29-59-55)45-31-35(19-21-51(45)63-53)61-47-17-9-7-15-39(47)41-23-27-57-33-49(41)61)56-54-44(26-30-60-56)46-32-36(20-22-52(46)64-54)62-48-18-10-8-16-40(48)42-24-28-58-34-50(42)62/h1-34H. The highest BCUT2D eigenvalue weighted by Gasteiger charge is 2.47. The third-order valence-corrected chi connectivity index (χ3v) is 20.7. The van der Waals surface area contributed by atoms with E-state index in [1.165, 1.54) is 72.3 Å². The molecule has 14 rings (SSSR count). The fourth-order valence-corrected chi connectivity index (χ4v) is 18.5. The first-order valence-corrected chi connectivity index (χ1v) is 25.3. The van der Waals surface area contributed by atoms with Crippen LogP contribution in [0.4, 0.5) is 0 Å². The van der Waals surface area contributed by atoms with Crippen molar-refractivity contribution in [3.63, 3.8) is 0 Å². The van der Waals surface area contributed by atoms with E-state index in [0.29, 0.717) is 0 Å². The van der Waals surface area contributed by atoms with E-state index in [4.69, 9.17) is 9.97 Å². The van der Waals surface area contributed by atoms with Gasteiger partial charge in [-0.3, -0.25) is 19.9 Å². The van der Waals surface area contributed by atoms with E-state index in [0.717, 1.165) is 44.1 Å². The lowest BCUT2D eigenvalue weighted by atomic mass is 10.1. The van der Waals surface area contributed by atoms with Gasteiger partial charge in [0.25, 0.3) is 0 Å². The first-order valence-electron chi connectivity index (χ1n) is 21.7. The van der Waals surface area contributed by atoms with Crippen molar-refractivity contribution < 1.29 is 0 Å². The number of para-hydroxylation sites is 2. The van der Waals surface area contributed by atoms with Gasteiger partial charge >= 0.3 is 0 Å². The number of pyridine rings is 4. The summed E-state index contributed by atoms with van der Waals surface area (Å²) in [7, 11) is -3.26. The van der Waals surface area contributed by atoms with E-state index in [9.17, 15) is 0 Å². The minimum Gasteiger partial charge on any atom is -0.308 e. The molecule has 0 aliphatic heterocycles. The average Bonchev–Trinajstić information content (AvgIpc) is 4.13. The highest BCUT2D eigenvalue weighted by molar-refractivity contribution is 7.33. The molecule has 0 aliphatic rings. The van der Waals surface area contributed by atoms with Crippen molar-refractivity contribution in [2.24, 2.45) is 0 Å². The first-order chi connectivity index (χ1) is 32.3. The number of hydrogen-bond acceptors (Lipinski definition) is 6. The molecule has 0 aliphatic carbocycles. The molecule has 6 nitrogen and oxygen atoms in total. The summed E-state index contributed by atoms with van der Waals surface area (Å²) >= 11 is 3.69. The van der Waals surface area contributed by atoms with Gasteiger partial charge in [0.2, 0.25) is 8.07 Å². The van der Waals surface area contributed by atoms with Crippen molar-refractivity contribution in [2.75, 3.05) is 0 Å². The molecule has 0 N–H and O–H groups in total. The molecule has 0 spiro atoms. The Morgan fingerprint density at radius 1 is 0.354 bits per heavy atom. The monoisotopic (exact) mass is 882 g/mol. The summed E-state index contributed by atoms with van der Waals surface area (Å²) in [6.07, 6.45) is 11.8. The second kappa shape index (κ2) is 14.1. The van der Waals surface area contributed by atoms with E-state index in [-0.39, 0.29) is 0 Å². The Balaban J connectivity index is 1.04. The van der Waals surface area contributed by atoms with Gasteiger partial charge in [0.15, 0.2) is 0 Å². The quantitative estimate of drug-likeness (QED) is 0.156. The number of hydrogen-bond donors (Lipinski definition) is 0. The molecule has 8 heterocycles. The maximum Gasteiger partial charge on any atom is 0.227 e. The molecule has 0 bridgehead atoms. The highest BCUT2D eigenvalue weighted by Crippen LogP contribution is 2.40. The fraction of sp³-hybridized carbons (Fsp3) is 0. The molecule has 8 aromatic heterocycles. The minimum atomic E-state index is -3.26. The molecule has 0 unspecified atom stereocenters. The van der Waals surface area contributed by atoms with Crippen LogP contribution in [0.5, 0.6) is 0 Å². The highest BCUT2D eigenvalue weighted by atomic mass is 32.1. The molecular formula is C56H34N6S2Si. The zero-order valence-electron chi connectivity index (χ0n) is 34.6. The van der Waals surface area contributed by atoms with Crippen LogP contribution in [0.1, 0.15) is 0 Å². The van der Waals surface area contributed by atoms with Crippen molar-refractivity contribution in [3.05, 3.63) is 207 Å². The molecule has 0 amide bonds. The Bertz CT molecular complexity index is 3830. The maximum atomic E-state index is 5.54. The van der Waals surface area contributed by atoms with Crippen molar-refractivity contribution in [3.8, 4) is 11.4 Å². The van der Waals surface area contributed by atoms with E-state index in [2.05, 4.69) is 189 Å². The minimum absolute atomic E-state index is 1.09. The number of benzene rings is 6. The Morgan fingerprint density at radius 3 is 1.25 bits per heavy atom. The number of thiophene rings is 2. The van der Waals surface area contributed by atoms with Crippen LogP contribution in [-0.2, 0) is 0 Å². The van der Waals surface area contributed by atoms with Crippen molar-refractivity contribution >= 4 is 136 Å². The van der Waals surface area contributed by atoms with Gasteiger partial charge in [0.1, 0.15) is 0 Å². The van der Waals surface area contributed by atoms with Crippen LogP contribution in [0.2, 0.25) is 0 Å². The molecule has 0 saturated carbocycles. The van der Waals surface area contributed by atoms with Crippen LogP contribution >= 0.6 is 22.7 Å².